The number of carbonyl (C=O) groups is 1. The van der Waals surface area contributed by atoms with Gasteiger partial charge in [0, 0.05) is 19.2 Å². The number of halogens is 1. The van der Waals surface area contributed by atoms with Crippen LogP contribution in [0.5, 0.6) is 5.75 Å². The lowest BCUT2D eigenvalue weighted by Crippen LogP contribution is -2.33. The summed E-state index contributed by atoms with van der Waals surface area (Å²) in [6, 6.07) is 12.4. The Morgan fingerprint density at radius 3 is 2.30 bits per heavy atom. The van der Waals surface area contributed by atoms with Crippen molar-refractivity contribution in [2.45, 2.75) is 19.6 Å². The lowest BCUT2D eigenvalue weighted by Gasteiger charge is -2.25. The number of rotatable bonds is 8. The van der Waals surface area contributed by atoms with Crippen LogP contribution in [0.15, 0.2) is 42.5 Å². The third-order valence-corrected chi connectivity index (χ3v) is 6.52. The molecule has 0 saturated heterocycles. The van der Waals surface area contributed by atoms with Crippen LogP contribution in [0.3, 0.4) is 0 Å². The molecule has 1 atom stereocenters. The average molecular weight is 412 g/mol. The van der Waals surface area contributed by atoms with E-state index >= 15 is 0 Å². The van der Waals surface area contributed by atoms with E-state index in [0.717, 1.165) is 11.1 Å². The molecule has 2 rings (SSSR count). The SMILES string of the molecule is COP(=O)(OC)C(NC(=O)COc1ccc(Cl)c(C)c1)c1ccc(C)cc1. The van der Waals surface area contributed by atoms with Gasteiger partial charge in [0.15, 0.2) is 12.4 Å². The summed E-state index contributed by atoms with van der Waals surface area (Å²) in [5.74, 6) is -0.890. The summed E-state index contributed by atoms with van der Waals surface area (Å²) in [5.41, 5.74) is 2.49. The van der Waals surface area contributed by atoms with Crippen molar-refractivity contribution in [3.63, 3.8) is 0 Å². The van der Waals surface area contributed by atoms with E-state index in [1.165, 1.54) is 14.2 Å². The molecule has 0 saturated carbocycles. The van der Waals surface area contributed by atoms with Crippen molar-refractivity contribution in [3.05, 3.63) is 64.2 Å². The smallest absolute Gasteiger partial charge is 0.356 e. The molecule has 0 fully saturated rings. The highest BCUT2D eigenvalue weighted by Gasteiger charge is 2.36. The molecule has 0 heterocycles. The van der Waals surface area contributed by atoms with E-state index in [0.29, 0.717) is 16.3 Å². The van der Waals surface area contributed by atoms with Gasteiger partial charge in [-0.3, -0.25) is 9.36 Å². The van der Waals surface area contributed by atoms with Gasteiger partial charge in [-0.1, -0.05) is 41.4 Å². The Hall–Kier alpha value is -1.85. The van der Waals surface area contributed by atoms with Gasteiger partial charge in [0.05, 0.1) is 0 Å². The lowest BCUT2D eigenvalue weighted by atomic mass is 10.1. The van der Waals surface area contributed by atoms with Crippen molar-refractivity contribution in [1.82, 2.24) is 5.32 Å². The number of aryl methyl sites for hydroxylation is 2. The van der Waals surface area contributed by atoms with Gasteiger partial charge >= 0.3 is 7.60 Å². The van der Waals surface area contributed by atoms with Crippen LogP contribution in [-0.4, -0.2) is 26.7 Å². The molecule has 0 bridgehead atoms. The Morgan fingerprint density at radius 2 is 1.74 bits per heavy atom. The fourth-order valence-electron chi connectivity index (χ4n) is 2.43. The number of benzene rings is 2. The number of nitrogens with one attached hydrogen (secondary N) is 1. The summed E-state index contributed by atoms with van der Waals surface area (Å²) in [6.07, 6.45) is 0. The summed E-state index contributed by atoms with van der Waals surface area (Å²) in [6.45, 7) is 3.53. The normalized spacial score (nSPS) is 12.5. The van der Waals surface area contributed by atoms with Crippen LogP contribution >= 0.6 is 19.2 Å². The molecule has 6 nitrogen and oxygen atoms in total. The second-order valence-corrected chi connectivity index (χ2v) is 8.72. The Morgan fingerprint density at radius 1 is 1.11 bits per heavy atom. The molecule has 1 amide bonds. The Kier molecular flexibility index (Phi) is 7.45. The van der Waals surface area contributed by atoms with E-state index < -0.39 is 19.3 Å². The lowest BCUT2D eigenvalue weighted by molar-refractivity contribution is -0.123. The predicted octanol–water partition coefficient (Wildman–Crippen LogP) is 4.64. The van der Waals surface area contributed by atoms with Gasteiger partial charge in [-0.05, 0) is 43.2 Å². The van der Waals surface area contributed by atoms with E-state index in [1.807, 2.05) is 26.0 Å². The maximum absolute atomic E-state index is 12.9. The molecule has 2 aromatic rings. The van der Waals surface area contributed by atoms with Crippen molar-refractivity contribution in [3.8, 4) is 5.75 Å². The largest absolute Gasteiger partial charge is 0.484 e. The second-order valence-electron chi connectivity index (χ2n) is 5.99. The number of hydrogen-bond acceptors (Lipinski definition) is 5. The van der Waals surface area contributed by atoms with E-state index in [-0.39, 0.29) is 6.61 Å². The van der Waals surface area contributed by atoms with Gasteiger partial charge in [0.2, 0.25) is 0 Å². The molecule has 27 heavy (non-hydrogen) atoms. The fraction of sp³-hybridized carbons (Fsp3) is 0.316. The number of carbonyl (C=O) groups excluding carboxylic acids is 1. The maximum atomic E-state index is 12.9. The van der Waals surface area contributed by atoms with Crippen LogP contribution in [0, 0.1) is 13.8 Å². The van der Waals surface area contributed by atoms with Crippen LogP contribution < -0.4 is 10.1 Å². The van der Waals surface area contributed by atoms with Gasteiger partial charge in [0.1, 0.15) is 5.75 Å². The van der Waals surface area contributed by atoms with Crippen LogP contribution in [0.25, 0.3) is 0 Å². The highest BCUT2D eigenvalue weighted by molar-refractivity contribution is 7.54. The minimum Gasteiger partial charge on any atom is -0.484 e. The number of amides is 1. The van der Waals surface area contributed by atoms with Crippen LogP contribution in [-0.2, 0) is 18.4 Å². The first-order valence-electron chi connectivity index (χ1n) is 8.25. The summed E-state index contributed by atoms with van der Waals surface area (Å²) in [7, 11) is -1.03. The van der Waals surface area contributed by atoms with Crippen LogP contribution in [0.4, 0.5) is 0 Å². The molecule has 0 radical (unpaired) electrons. The molecule has 0 aliphatic carbocycles. The molecule has 8 heteroatoms. The summed E-state index contributed by atoms with van der Waals surface area (Å²) < 4.78 is 28.6. The molecule has 0 spiro atoms. The molecule has 1 N–H and O–H groups in total. The molecule has 0 aromatic heterocycles. The van der Waals surface area contributed by atoms with Gasteiger partial charge < -0.3 is 19.1 Å². The first-order chi connectivity index (χ1) is 12.8. The highest BCUT2D eigenvalue weighted by Crippen LogP contribution is 2.58. The monoisotopic (exact) mass is 411 g/mol. The second kappa shape index (κ2) is 9.38. The van der Waals surface area contributed by atoms with Gasteiger partial charge in [-0.25, -0.2) is 0 Å². The molecule has 0 aliphatic heterocycles. The zero-order chi connectivity index (χ0) is 20.0. The van der Waals surface area contributed by atoms with E-state index in [9.17, 15) is 9.36 Å². The Labute approximate surface area is 164 Å². The maximum Gasteiger partial charge on any atom is 0.356 e. The molecular weight excluding hydrogens is 389 g/mol. The van der Waals surface area contributed by atoms with Crippen molar-refractivity contribution in [1.29, 1.82) is 0 Å². The standard InChI is InChI=1S/C19H23ClNO5P/c1-13-5-7-15(8-6-13)19(27(23,24-3)25-4)21-18(22)12-26-16-9-10-17(20)14(2)11-16/h5-11,19H,12H2,1-4H3,(H,21,22). The molecule has 2 aromatic carbocycles. The van der Waals surface area contributed by atoms with Gasteiger partial charge in [-0.15, -0.1) is 0 Å². The minimum absolute atomic E-state index is 0.253. The zero-order valence-electron chi connectivity index (χ0n) is 15.7. The van der Waals surface area contributed by atoms with E-state index in [4.69, 9.17) is 25.4 Å². The van der Waals surface area contributed by atoms with Crippen molar-refractivity contribution in [2.75, 3.05) is 20.8 Å². The molecule has 1 unspecified atom stereocenters. The topological polar surface area (TPSA) is 73.9 Å². The van der Waals surface area contributed by atoms with E-state index in [2.05, 4.69) is 5.32 Å². The van der Waals surface area contributed by atoms with Gasteiger partial charge in [0.25, 0.3) is 5.91 Å². The van der Waals surface area contributed by atoms with Crippen LogP contribution in [0.2, 0.25) is 5.02 Å². The molecular formula is C19H23ClNO5P. The first-order valence-corrected chi connectivity index (χ1v) is 10.2. The van der Waals surface area contributed by atoms with E-state index in [1.54, 1.807) is 30.3 Å². The molecule has 0 aliphatic rings. The van der Waals surface area contributed by atoms with Crippen molar-refractivity contribution < 1.29 is 23.1 Å². The van der Waals surface area contributed by atoms with Gasteiger partial charge in [-0.2, -0.15) is 0 Å². The third kappa shape index (κ3) is 5.56. The quantitative estimate of drug-likeness (QED) is 0.641. The number of hydrogen-bond donors (Lipinski definition) is 1. The van der Waals surface area contributed by atoms with Crippen molar-refractivity contribution >= 4 is 25.1 Å². The summed E-state index contributed by atoms with van der Waals surface area (Å²) >= 11 is 5.98. The highest BCUT2D eigenvalue weighted by atomic mass is 35.5. The minimum atomic E-state index is -3.60. The van der Waals surface area contributed by atoms with Crippen molar-refractivity contribution in [2.24, 2.45) is 0 Å². The Balaban J connectivity index is 2.14. The number of ether oxygens (including phenoxy) is 1. The molecule has 146 valence electrons. The summed E-state index contributed by atoms with van der Waals surface area (Å²) in [5, 5.41) is 3.31. The predicted molar refractivity (Wildman–Crippen MR) is 105 cm³/mol. The zero-order valence-corrected chi connectivity index (χ0v) is 17.3. The first kappa shape index (κ1) is 21.5. The Bertz CT molecular complexity index is 832. The summed E-state index contributed by atoms with van der Waals surface area (Å²) in [4.78, 5) is 12.4. The fourth-order valence-corrected chi connectivity index (χ4v) is 3.96. The average Bonchev–Trinajstić information content (AvgIpc) is 2.67. The third-order valence-electron chi connectivity index (χ3n) is 4.02. The van der Waals surface area contributed by atoms with Crippen LogP contribution in [0.1, 0.15) is 22.5 Å².